The summed E-state index contributed by atoms with van der Waals surface area (Å²) in [6, 6.07) is 31.4. The summed E-state index contributed by atoms with van der Waals surface area (Å²) in [7, 11) is 0. The number of fused-ring (bicyclic) bond motifs is 2. The van der Waals surface area contributed by atoms with E-state index in [4.69, 9.17) is 0 Å². The summed E-state index contributed by atoms with van der Waals surface area (Å²) >= 11 is 0. The van der Waals surface area contributed by atoms with E-state index >= 15 is 0 Å². The minimum atomic E-state index is -1.000. The monoisotopic (exact) mass is 526 g/mol. The quantitative estimate of drug-likeness (QED) is 0.182. The lowest BCUT2D eigenvalue weighted by Gasteiger charge is -2.17. The molecule has 0 atom stereocenters. The van der Waals surface area contributed by atoms with Crippen LogP contribution in [-0.2, 0) is 0 Å². The van der Waals surface area contributed by atoms with E-state index in [0.717, 1.165) is 43.8 Å². The van der Waals surface area contributed by atoms with Gasteiger partial charge in [-0.25, -0.2) is 9.59 Å². The van der Waals surface area contributed by atoms with Crippen molar-refractivity contribution in [2.45, 2.75) is 0 Å². The highest BCUT2D eigenvalue weighted by molar-refractivity contribution is 6.14. The van der Waals surface area contributed by atoms with Crippen molar-refractivity contribution in [3.8, 4) is 44.9 Å². The smallest absolute Gasteiger partial charge is 0.335 e. The van der Waals surface area contributed by atoms with Crippen molar-refractivity contribution in [3.63, 3.8) is 0 Å². The highest BCUT2D eigenvalue weighted by atomic mass is 16.4. The summed E-state index contributed by atoms with van der Waals surface area (Å²) in [5, 5.41) is 43.9. The average molecular weight is 527 g/mol. The maximum Gasteiger partial charge on any atom is 0.335 e. The molecule has 6 rings (SSSR count). The standard InChI is InChI=1S/C34H22O6/c35-29-17-15-25-23(19-7-11-21(12-8-19)33(37)38)3-1-5-27(25)31(29)32-28-6-2-4-24(26(28)16-18-30(32)36)20-9-13-22(14-10-20)34(39)40/h1-18,35-36H,(H,37,38)(H,39,40). The van der Waals surface area contributed by atoms with E-state index in [1.165, 1.54) is 0 Å². The van der Waals surface area contributed by atoms with Crippen molar-refractivity contribution in [1.82, 2.24) is 0 Å². The number of aromatic carboxylic acids is 2. The summed E-state index contributed by atoms with van der Waals surface area (Å²) < 4.78 is 0. The van der Waals surface area contributed by atoms with Gasteiger partial charge in [-0.05, 0) is 80.2 Å². The lowest BCUT2D eigenvalue weighted by molar-refractivity contribution is 0.0686. The lowest BCUT2D eigenvalue weighted by atomic mass is 9.88. The molecule has 0 radical (unpaired) electrons. The van der Waals surface area contributed by atoms with Crippen molar-refractivity contribution < 1.29 is 30.0 Å². The highest BCUT2D eigenvalue weighted by Gasteiger charge is 2.19. The number of hydrogen-bond acceptors (Lipinski definition) is 4. The number of phenolic OH excluding ortho intramolecular Hbond substituents is 2. The van der Waals surface area contributed by atoms with Gasteiger partial charge in [0.2, 0.25) is 0 Å². The zero-order valence-corrected chi connectivity index (χ0v) is 21.0. The molecule has 0 aliphatic rings. The van der Waals surface area contributed by atoms with Gasteiger partial charge in [0.15, 0.2) is 0 Å². The van der Waals surface area contributed by atoms with Crippen molar-refractivity contribution >= 4 is 33.5 Å². The van der Waals surface area contributed by atoms with Gasteiger partial charge in [-0.1, -0.05) is 72.8 Å². The van der Waals surface area contributed by atoms with Gasteiger partial charge >= 0.3 is 11.9 Å². The Morgan fingerprint density at radius 3 is 1.15 bits per heavy atom. The van der Waals surface area contributed by atoms with Crippen LogP contribution in [0.3, 0.4) is 0 Å². The van der Waals surface area contributed by atoms with Crippen LogP contribution in [0.15, 0.2) is 109 Å². The molecule has 0 aliphatic carbocycles. The van der Waals surface area contributed by atoms with Gasteiger partial charge in [-0.15, -0.1) is 0 Å². The number of carbonyl (C=O) groups is 2. The Balaban J connectivity index is 1.58. The SMILES string of the molecule is O=C(O)c1ccc(-c2cccc3c(-c4c(O)ccc5c(-c6ccc(C(=O)O)cc6)cccc45)c(O)ccc23)cc1. The summed E-state index contributed by atoms with van der Waals surface area (Å²) in [5.41, 5.74) is 4.69. The number of carboxylic acid groups (broad SMARTS) is 2. The Labute approximate surface area is 228 Å². The fraction of sp³-hybridized carbons (Fsp3) is 0. The maximum atomic E-state index is 11.3. The van der Waals surface area contributed by atoms with E-state index in [1.807, 2.05) is 48.5 Å². The van der Waals surface area contributed by atoms with Crippen LogP contribution in [0.1, 0.15) is 20.7 Å². The van der Waals surface area contributed by atoms with Crippen LogP contribution >= 0.6 is 0 Å². The summed E-state index contributed by atoms with van der Waals surface area (Å²) in [6.07, 6.45) is 0. The van der Waals surface area contributed by atoms with Gasteiger partial charge in [0.25, 0.3) is 0 Å². The molecular formula is C34H22O6. The molecule has 0 aromatic heterocycles. The third-order valence-corrected chi connectivity index (χ3v) is 7.21. The lowest BCUT2D eigenvalue weighted by Crippen LogP contribution is -1.95. The second-order valence-corrected chi connectivity index (χ2v) is 9.49. The number of phenols is 2. The molecular weight excluding hydrogens is 504 g/mol. The zero-order valence-electron chi connectivity index (χ0n) is 21.0. The minimum Gasteiger partial charge on any atom is -0.507 e. The molecule has 194 valence electrons. The van der Waals surface area contributed by atoms with Gasteiger partial charge in [0, 0.05) is 11.1 Å². The molecule has 6 nitrogen and oxygen atoms in total. The summed E-state index contributed by atoms with van der Waals surface area (Å²) in [4.78, 5) is 22.6. The molecule has 0 spiro atoms. The van der Waals surface area contributed by atoms with Gasteiger partial charge in [0.1, 0.15) is 11.5 Å². The van der Waals surface area contributed by atoms with Gasteiger partial charge < -0.3 is 20.4 Å². The van der Waals surface area contributed by atoms with Crippen molar-refractivity contribution in [3.05, 3.63) is 120 Å². The maximum absolute atomic E-state index is 11.3. The first-order chi connectivity index (χ1) is 19.3. The molecule has 0 fully saturated rings. The molecule has 0 saturated carbocycles. The summed E-state index contributed by atoms with van der Waals surface area (Å²) in [5.74, 6) is -1.99. The third-order valence-electron chi connectivity index (χ3n) is 7.21. The van der Waals surface area contributed by atoms with E-state index in [-0.39, 0.29) is 22.6 Å². The van der Waals surface area contributed by atoms with Crippen LogP contribution in [0.25, 0.3) is 54.9 Å². The largest absolute Gasteiger partial charge is 0.507 e. The minimum absolute atomic E-state index is 0.00453. The van der Waals surface area contributed by atoms with Crippen molar-refractivity contribution in [2.75, 3.05) is 0 Å². The second-order valence-electron chi connectivity index (χ2n) is 9.49. The van der Waals surface area contributed by atoms with E-state index in [1.54, 1.807) is 60.7 Å². The number of rotatable bonds is 5. The Hall–Kier alpha value is -5.62. The Kier molecular flexibility index (Phi) is 5.93. The molecule has 0 unspecified atom stereocenters. The van der Waals surface area contributed by atoms with E-state index < -0.39 is 11.9 Å². The number of aromatic hydroxyl groups is 2. The van der Waals surface area contributed by atoms with Gasteiger partial charge in [-0.2, -0.15) is 0 Å². The molecule has 0 aliphatic heterocycles. The van der Waals surface area contributed by atoms with Crippen LogP contribution in [0, 0.1) is 0 Å². The van der Waals surface area contributed by atoms with Crippen LogP contribution < -0.4 is 0 Å². The van der Waals surface area contributed by atoms with Gasteiger partial charge in [0.05, 0.1) is 11.1 Å². The van der Waals surface area contributed by atoms with Crippen LogP contribution in [0.4, 0.5) is 0 Å². The van der Waals surface area contributed by atoms with Gasteiger partial charge in [-0.3, -0.25) is 0 Å². The zero-order chi connectivity index (χ0) is 28.0. The fourth-order valence-corrected chi connectivity index (χ4v) is 5.31. The highest BCUT2D eigenvalue weighted by Crippen LogP contribution is 2.47. The van der Waals surface area contributed by atoms with E-state index in [2.05, 4.69) is 0 Å². The Morgan fingerprint density at radius 1 is 0.425 bits per heavy atom. The third kappa shape index (κ3) is 4.08. The Morgan fingerprint density at radius 2 is 0.800 bits per heavy atom. The molecule has 6 aromatic rings. The molecule has 0 heterocycles. The molecule has 0 saturated heterocycles. The van der Waals surface area contributed by atoms with E-state index in [9.17, 15) is 30.0 Å². The number of benzene rings is 6. The molecule has 6 heteroatoms. The number of carboxylic acids is 2. The van der Waals surface area contributed by atoms with Crippen LogP contribution in [-0.4, -0.2) is 32.4 Å². The predicted molar refractivity (Wildman–Crippen MR) is 155 cm³/mol. The molecule has 6 aromatic carbocycles. The summed E-state index contributed by atoms with van der Waals surface area (Å²) in [6.45, 7) is 0. The molecule has 4 N–H and O–H groups in total. The van der Waals surface area contributed by atoms with E-state index in [0.29, 0.717) is 11.1 Å². The first kappa shape index (κ1) is 24.7. The second kappa shape index (κ2) is 9.60. The first-order valence-corrected chi connectivity index (χ1v) is 12.5. The van der Waals surface area contributed by atoms with Crippen molar-refractivity contribution in [2.24, 2.45) is 0 Å². The average Bonchev–Trinajstić information content (AvgIpc) is 2.97. The first-order valence-electron chi connectivity index (χ1n) is 12.5. The Bertz CT molecular complexity index is 1810. The molecule has 0 amide bonds. The van der Waals surface area contributed by atoms with Crippen LogP contribution in [0.2, 0.25) is 0 Å². The van der Waals surface area contributed by atoms with Crippen LogP contribution in [0.5, 0.6) is 11.5 Å². The number of hydrogen-bond donors (Lipinski definition) is 4. The molecule has 40 heavy (non-hydrogen) atoms. The molecule has 0 bridgehead atoms. The van der Waals surface area contributed by atoms with Crippen molar-refractivity contribution in [1.29, 1.82) is 0 Å². The predicted octanol–water partition coefficient (Wildman–Crippen LogP) is 7.80. The normalized spacial score (nSPS) is 11.1. The topological polar surface area (TPSA) is 115 Å². The fourth-order valence-electron chi connectivity index (χ4n) is 5.31.